The third kappa shape index (κ3) is 8.02. The van der Waals surface area contributed by atoms with E-state index in [1.54, 1.807) is 0 Å². The van der Waals surface area contributed by atoms with Crippen LogP contribution >= 0.6 is 0 Å². The largest absolute Gasteiger partial charge is 0.494 e. The van der Waals surface area contributed by atoms with Crippen molar-refractivity contribution in [2.24, 2.45) is 11.8 Å². The lowest BCUT2D eigenvalue weighted by Crippen LogP contribution is -2.51. The molecule has 0 aromatic heterocycles. The number of rotatable bonds is 12. The van der Waals surface area contributed by atoms with Gasteiger partial charge < -0.3 is 9.47 Å². The maximum Gasteiger partial charge on any atom is 0.120 e. The number of nitrogens with zero attached hydrogens (tertiary/aromatic N) is 2. The van der Waals surface area contributed by atoms with Gasteiger partial charge in [-0.25, -0.2) is 10.0 Å². The SMILES string of the molecule is CCCCCC1CCCN(N2CCC(CCOc3ccc(OCc4ccccc4)cc3)CC2)C1. The van der Waals surface area contributed by atoms with Crippen LogP contribution in [0.25, 0.3) is 0 Å². The Kier molecular flexibility index (Phi) is 10.1. The minimum Gasteiger partial charge on any atom is -0.494 e. The van der Waals surface area contributed by atoms with Crippen LogP contribution in [0, 0.1) is 11.8 Å². The molecule has 4 heteroatoms. The summed E-state index contributed by atoms with van der Waals surface area (Å²) in [5.74, 6) is 3.53. The van der Waals surface area contributed by atoms with E-state index in [0.29, 0.717) is 6.61 Å². The molecule has 4 nitrogen and oxygen atoms in total. The molecule has 0 saturated carbocycles. The topological polar surface area (TPSA) is 24.9 Å². The van der Waals surface area contributed by atoms with Gasteiger partial charge in [0.05, 0.1) is 6.61 Å². The number of benzene rings is 2. The van der Waals surface area contributed by atoms with E-state index < -0.39 is 0 Å². The van der Waals surface area contributed by atoms with Gasteiger partial charge in [-0.1, -0.05) is 56.5 Å². The minimum absolute atomic E-state index is 0.594. The minimum atomic E-state index is 0.594. The molecule has 34 heavy (non-hydrogen) atoms. The predicted molar refractivity (Wildman–Crippen MR) is 140 cm³/mol. The number of unbranched alkanes of at least 4 members (excludes halogenated alkanes) is 2. The molecule has 0 N–H and O–H groups in total. The number of hydrogen-bond donors (Lipinski definition) is 0. The fourth-order valence-electron chi connectivity index (χ4n) is 5.43. The van der Waals surface area contributed by atoms with Gasteiger partial charge in [0.1, 0.15) is 18.1 Å². The summed E-state index contributed by atoms with van der Waals surface area (Å²) in [5.41, 5.74) is 1.18. The van der Waals surface area contributed by atoms with E-state index >= 15 is 0 Å². The summed E-state index contributed by atoms with van der Waals surface area (Å²) >= 11 is 0. The molecule has 0 spiro atoms. The third-order valence-electron chi connectivity index (χ3n) is 7.57. The van der Waals surface area contributed by atoms with Crippen LogP contribution in [0.2, 0.25) is 0 Å². The van der Waals surface area contributed by atoms with E-state index in [9.17, 15) is 0 Å². The summed E-state index contributed by atoms with van der Waals surface area (Å²) < 4.78 is 11.9. The lowest BCUT2D eigenvalue weighted by molar-refractivity contribution is -0.0765. The van der Waals surface area contributed by atoms with Crippen molar-refractivity contribution >= 4 is 0 Å². The van der Waals surface area contributed by atoms with Crippen molar-refractivity contribution in [3.8, 4) is 11.5 Å². The van der Waals surface area contributed by atoms with Gasteiger partial charge in [-0.15, -0.1) is 0 Å². The Bertz CT molecular complexity index is 802. The molecule has 0 bridgehead atoms. The van der Waals surface area contributed by atoms with Crippen LogP contribution in [0.5, 0.6) is 11.5 Å². The Hall–Kier alpha value is -2.04. The Morgan fingerprint density at radius 1 is 0.735 bits per heavy atom. The fourth-order valence-corrected chi connectivity index (χ4v) is 5.43. The second-order valence-electron chi connectivity index (χ2n) is 10.2. The molecule has 2 aliphatic heterocycles. The second-order valence-corrected chi connectivity index (χ2v) is 10.2. The molecular weight excluding hydrogens is 420 g/mol. The number of ether oxygens (including phenoxy) is 2. The van der Waals surface area contributed by atoms with E-state index in [1.807, 2.05) is 42.5 Å². The van der Waals surface area contributed by atoms with E-state index in [-0.39, 0.29) is 0 Å². The first kappa shape index (κ1) is 25.1. The number of hydrazine groups is 1. The molecule has 186 valence electrons. The van der Waals surface area contributed by atoms with E-state index in [1.165, 1.54) is 83.1 Å². The van der Waals surface area contributed by atoms with E-state index in [0.717, 1.165) is 36.4 Å². The number of hydrogen-bond acceptors (Lipinski definition) is 4. The van der Waals surface area contributed by atoms with Crippen molar-refractivity contribution in [3.05, 3.63) is 60.2 Å². The van der Waals surface area contributed by atoms with Crippen molar-refractivity contribution in [3.63, 3.8) is 0 Å². The Morgan fingerprint density at radius 3 is 2.21 bits per heavy atom. The highest BCUT2D eigenvalue weighted by molar-refractivity contribution is 5.31. The van der Waals surface area contributed by atoms with Gasteiger partial charge in [-0.05, 0) is 80.2 Å². The zero-order valence-electron chi connectivity index (χ0n) is 21.2. The maximum atomic E-state index is 6.05. The average Bonchev–Trinajstić information content (AvgIpc) is 2.90. The van der Waals surface area contributed by atoms with Crippen LogP contribution in [0.1, 0.15) is 70.3 Å². The van der Waals surface area contributed by atoms with Crippen LogP contribution < -0.4 is 9.47 Å². The highest BCUT2D eigenvalue weighted by atomic mass is 16.5. The van der Waals surface area contributed by atoms with Gasteiger partial charge in [-0.2, -0.15) is 0 Å². The van der Waals surface area contributed by atoms with Crippen LogP contribution in [-0.2, 0) is 6.61 Å². The van der Waals surface area contributed by atoms with Crippen LogP contribution in [0.4, 0.5) is 0 Å². The normalized spacial score (nSPS) is 20.3. The zero-order chi connectivity index (χ0) is 23.4. The van der Waals surface area contributed by atoms with Crippen molar-refractivity contribution < 1.29 is 9.47 Å². The van der Waals surface area contributed by atoms with Crippen molar-refractivity contribution in [2.45, 2.75) is 71.3 Å². The van der Waals surface area contributed by atoms with E-state index in [2.05, 4.69) is 29.1 Å². The Labute approximate surface area is 207 Å². The van der Waals surface area contributed by atoms with Crippen molar-refractivity contribution in [1.29, 1.82) is 0 Å². The third-order valence-corrected chi connectivity index (χ3v) is 7.57. The molecule has 2 heterocycles. The standard InChI is InChI=1S/C30H44N2O2/c1-2-3-5-9-27-12-8-20-32(24-27)31-21-17-26(18-22-31)19-23-33-29-13-15-30(16-14-29)34-25-28-10-6-4-7-11-28/h4,6-7,10-11,13-16,26-27H,2-3,5,8-9,12,17-25H2,1H3. The monoisotopic (exact) mass is 464 g/mol. The van der Waals surface area contributed by atoms with Gasteiger partial charge in [-0.3, -0.25) is 0 Å². The molecule has 1 atom stereocenters. The summed E-state index contributed by atoms with van der Waals surface area (Å²) in [5, 5.41) is 5.35. The maximum absolute atomic E-state index is 6.05. The molecule has 2 aromatic carbocycles. The van der Waals surface area contributed by atoms with Gasteiger partial charge in [0, 0.05) is 26.2 Å². The summed E-state index contributed by atoms with van der Waals surface area (Å²) in [4.78, 5) is 0. The Morgan fingerprint density at radius 2 is 1.47 bits per heavy atom. The quantitative estimate of drug-likeness (QED) is 0.317. The van der Waals surface area contributed by atoms with Crippen LogP contribution in [0.3, 0.4) is 0 Å². The van der Waals surface area contributed by atoms with Crippen LogP contribution in [-0.4, -0.2) is 42.8 Å². The predicted octanol–water partition coefficient (Wildman–Crippen LogP) is 6.95. The Balaban J connectivity index is 1.10. The first-order valence-corrected chi connectivity index (χ1v) is 13.7. The van der Waals surface area contributed by atoms with Crippen LogP contribution in [0.15, 0.2) is 54.6 Å². The summed E-state index contributed by atoms with van der Waals surface area (Å²) in [7, 11) is 0. The molecule has 1 unspecified atom stereocenters. The van der Waals surface area contributed by atoms with E-state index in [4.69, 9.17) is 9.47 Å². The van der Waals surface area contributed by atoms with Gasteiger partial charge >= 0.3 is 0 Å². The van der Waals surface area contributed by atoms with Crippen molar-refractivity contribution in [2.75, 3.05) is 32.8 Å². The number of piperidine rings is 2. The lowest BCUT2D eigenvalue weighted by Gasteiger charge is -2.43. The molecular formula is C30H44N2O2. The summed E-state index contributed by atoms with van der Waals surface area (Å²) in [6.45, 7) is 8.71. The van der Waals surface area contributed by atoms with Gasteiger partial charge in [0.2, 0.25) is 0 Å². The molecule has 2 aromatic rings. The first-order chi connectivity index (χ1) is 16.8. The first-order valence-electron chi connectivity index (χ1n) is 13.7. The molecule has 2 saturated heterocycles. The highest BCUT2D eigenvalue weighted by Crippen LogP contribution is 2.27. The van der Waals surface area contributed by atoms with Crippen molar-refractivity contribution in [1.82, 2.24) is 10.0 Å². The summed E-state index contributed by atoms with van der Waals surface area (Å²) in [6, 6.07) is 18.3. The highest BCUT2D eigenvalue weighted by Gasteiger charge is 2.27. The molecule has 4 rings (SSSR count). The molecule has 0 amide bonds. The molecule has 0 radical (unpaired) electrons. The average molecular weight is 465 g/mol. The molecule has 2 fully saturated rings. The smallest absolute Gasteiger partial charge is 0.120 e. The van der Waals surface area contributed by atoms with Gasteiger partial charge in [0.25, 0.3) is 0 Å². The zero-order valence-corrected chi connectivity index (χ0v) is 21.2. The lowest BCUT2D eigenvalue weighted by atomic mass is 9.92. The van der Waals surface area contributed by atoms with Gasteiger partial charge in [0.15, 0.2) is 0 Å². The second kappa shape index (κ2) is 13.7. The summed E-state index contributed by atoms with van der Waals surface area (Å²) in [6.07, 6.45) is 12.1. The molecule has 0 aliphatic carbocycles. The fraction of sp³-hybridized carbons (Fsp3) is 0.600. The molecule has 2 aliphatic rings.